The molecule has 1 aliphatic carbocycles. The molecule has 1 unspecified atom stereocenters. The minimum absolute atomic E-state index is 0.0317. The number of methoxy groups -OCH3 is 1. The van der Waals surface area contributed by atoms with E-state index in [-0.39, 0.29) is 18.3 Å². The van der Waals surface area contributed by atoms with Crippen LogP contribution in [-0.4, -0.2) is 19.5 Å². The molecule has 0 heterocycles. The van der Waals surface area contributed by atoms with Gasteiger partial charge in [-0.2, -0.15) is 5.26 Å². The third-order valence-electron chi connectivity index (χ3n) is 3.18. The number of carbonyl (C=O) groups is 1. The van der Waals surface area contributed by atoms with Crippen LogP contribution in [0.4, 0.5) is 0 Å². The first kappa shape index (κ1) is 16.9. The molecule has 0 aromatic rings. The first-order valence-corrected chi connectivity index (χ1v) is 6.97. The number of carbonyl (C=O) groups excluding carboxylic acids is 1. The smallest absolute Gasteiger partial charge is 0.188 e. The number of hydrogen-bond acceptors (Lipinski definition) is 3. The maximum atomic E-state index is 11.8. The van der Waals surface area contributed by atoms with Crippen molar-refractivity contribution in [1.29, 1.82) is 5.26 Å². The van der Waals surface area contributed by atoms with Crippen LogP contribution in [0.5, 0.6) is 0 Å². The van der Waals surface area contributed by atoms with E-state index in [1.807, 2.05) is 50.3 Å². The molecule has 1 atom stereocenters. The van der Waals surface area contributed by atoms with Crippen LogP contribution in [-0.2, 0) is 9.53 Å². The molecule has 1 aliphatic rings. The van der Waals surface area contributed by atoms with Crippen LogP contribution in [0.25, 0.3) is 0 Å². The van der Waals surface area contributed by atoms with Gasteiger partial charge in [-0.15, -0.1) is 0 Å². The lowest BCUT2D eigenvalue weighted by molar-refractivity contribution is -0.118. The maximum Gasteiger partial charge on any atom is 0.188 e. The Morgan fingerprint density at radius 2 is 2.10 bits per heavy atom. The first-order chi connectivity index (χ1) is 10.1. The van der Waals surface area contributed by atoms with E-state index in [9.17, 15) is 4.79 Å². The fraction of sp³-hybridized carbons (Fsp3) is 0.333. The van der Waals surface area contributed by atoms with Gasteiger partial charge in [0.25, 0.3) is 0 Å². The van der Waals surface area contributed by atoms with Gasteiger partial charge in [-0.1, -0.05) is 42.5 Å². The van der Waals surface area contributed by atoms with Crippen LogP contribution < -0.4 is 0 Å². The second kappa shape index (κ2) is 8.89. The molecule has 0 N–H and O–H groups in total. The topological polar surface area (TPSA) is 50.1 Å². The maximum absolute atomic E-state index is 11.8. The minimum Gasteiger partial charge on any atom is -0.377 e. The van der Waals surface area contributed by atoms with Crippen LogP contribution in [0.1, 0.15) is 20.3 Å². The number of hydrogen-bond donors (Lipinski definition) is 0. The zero-order valence-corrected chi connectivity index (χ0v) is 12.8. The summed E-state index contributed by atoms with van der Waals surface area (Å²) >= 11 is 0. The van der Waals surface area contributed by atoms with Gasteiger partial charge in [0, 0.05) is 12.7 Å². The van der Waals surface area contributed by atoms with Gasteiger partial charge in [-0.3, -0.25) is 4.79 Å². The third-order valence-corrected chi connectivity index (χ3v) is 3.18. The second-order valence-corrected chi connectivity index (χ2v) is 4.74. The number of nitriles is 1. The van der Waals surface area contributed by atoms with Crippen molar-refractivity contribution < 1.29 is 9.53 Å². The lowest BCUT2D eigenvalue weighted by Crippen LogP contribution is -2.08. The van der Waals surface area contributed by atoms with Gasteiger partial charge in [-0.05, 0) is 31.4 Å². The van der Waals surface area contributed by atoms with E-state index in [0.717, 1.165) is 11.1 Å². The van der Waals surface area contributed by atoms with Gasteiger partial charge < -0.3 is 4.74 Å². The Morgan fingerprint density at radius 3 is 2.71 bits per heavy atom. The van der Waals surface area contributed by atoms with Crippen LogP contribution in [0.2, 0.25) is 0 Å². The molecule has 0 aromatic heterocycles. The molecule has 0 aliphatic heterocycles. The molecule has 0 spiro atoms. The number of ketones is 1. The summed E-state index contributed by atoms with van der Waals surface area (Å²) in [7, 11) is 1.51. The average molecular weight is 283 g/mol. The van der Waals surface area contributed by atoms with E-state index >= 15 is 0 Å². The van der Waals surface area contributed by atoms with Crippen LogP contribution in [0.15, 0.2) is 59.3 Å². The summed E-state index contributed by atoms with van der Waals surface area (Å²) in [5.74, 6) is -0.232. The van der Waals surface area contributed by atoms with Gasteiger partial charge in [-0.25, -0.2) is 0 Å². The number of ether oxygens (including phenoxy) is 1. The molecule has 0 bridgehead atoms. The fourth-order valence-corrected chi connectivity index (χ4v) is 2.02. The predicted molar refractivity (Wildman–Crippen MR) is 84.5 cm³/mol. The Kier molecular flexibility index (Phi) is 7.14. The lowest BCUT2D eigenvalue weighted by Gasteiger charge is -2.09. The van der Waals surface area contributed by atoms with Crippen molar-refractivity contribution in [1.82, 2.24) is 0 Å². The van der Waals surface area contributed by atoms with E-state index in [1.54, 1.807) is 6.08 Å². The van der Waals surface area contributed by atoms with E-state index in [1.165, 1.54) is 7.11 Å². The summed E-state index contributed by atoms with van der Waals surface area (Å²) in [6.07, 6.45) is 14.1. The van der Waals surface area contributed by atoms with Gasteiger partial charge in [0.2, 0.25) is 0 Å². The monoisotopic (exact) mass is 283 g/mol. The summed E-state index contributed by atoms with van der Waals surface area (Å²) < 4.78 is 4.88. The zero-order valence-electron chi connectivity index (χ0n) is 12.8. The number of nitrogens with zero attached hydrogens (tertiary/aromatic N) is 1. The molecule has 110 valence electrons. The van der Waals surface area contributed by atoms with Gasteiger partial charge in [0.1, 0.15) is 6.61 Å². The van der Waals surface area contributed by atoms with Gasteiger partial charge in [0.05, 0.1) is 12.0 Å². The number of rotatable bonds is 6. The van der Waals surface area contributed by atoms with E-state index in [2.05, 4.69) is 6.07 Å². The van der Waals surface area contributed by atoms with E-state index < -0.39 is 0 Å². The first-order valence-electron chi connectivity index (χ1n) is 6.97. The number of Topliss-reactive ketones (excluding diaryl/α,β-unsaturated/α-hetero) is 1. The van der Waals surface area contributed by atoms with Crippen molar-refractivity contribution in [3.63, 3.8) is 0 Å². The Morgan fingerprint density at radius 1 is 1.43 bits per heavy atom. The molecule has 3 nitrogen and oxygen atoms in total. The Balaban J connectivity index is 3.00. The quantitative estimate of drug-likeness (QED) is 0.699. The summed E-state index contributed by atoms with van der Waals surface area (Å²) in [6.45, 7) is 3.90. The number of allylic oxidation sites excluding steroid dienone is 9. The SMILES string of the molecule is C/C=C\C=C(\C1=CCC=C(C(=O)COC)C=C1)C(C)C#N. The van der Waals surface area contributed by atoms with Crippen LogP contribution >= 0.6 is 0 Å². The molecule has 1 rings (SSSR count). The van der Waals surface area contributed by atoms with Crippen molar-refractivity contribution in [2.75, 3.05) is 13.7 Å². The Labute approximate surface area is 126 Å². The van der Waals surface area contributed by atoms with Crippen molar-refractivity contribution in [2.45, 2.75) is 20.3 Å². The molecule has 0 saturated heterocycles. The molecule has 3 heteroatoms. The normalized spacial score (nSPS) is 17.0. The summed E-state index contributed by atoms with van der Waals surface area (Å²) in [5.41, 5.74) is 2.59. The fourth-order valence-electron chi connectivity index (χ4n) is 2.02. The minimum atomic E-state index is -0.201. The predicted octanol–water partition coefficient (Wildman–Crippen LogP) is 3.68. The summed E-state index contributed by atoms with van der Waals surface area (Å²) in [4.78, 5) is 11.8. The standard InChI is InChI=1S/C18H21NO2/c1-4-5-9-17(14(2)12-19)15-7-6-8-16(11-10-15)18(20)13-21-3/h4-5,7-11,14H,6,13H2,1-3H3/b5-4-,17-9+. The molecule has 21 heavy (non-hydrogen) atoms. The van der Waals surface area contributed by atoms with Gasteiger partial charge in [0.15, 0.2) is 5.78 Å². The molecule has 0 fully saturated rings. The van der Waals surface area contributed by atoms with Crippen molar-refractivity contribution in [3.05, 3.63) is 59.3 Å². The highest BCUT2D eigenvalue weighted by Crippen LogP contribution is 2.24. The van der Waals surface area contributed by atoms with Gasteiger partial charge >= 0.3 is 0 Å². The van der Waals surface area contributed by atoms with Crippen molar-refractivity contribution >= 4 is 5.78 Å². The molecule has 0 saturated carbocycles. The highest BCUT2D eigenvalue weighted by Gasteiger charge is 2.13. The van der Waals surface area contributed by atoms with Crippen molar-refractivity contribution in [3.8, 4) is 6.07 Å². The molecule has 0 amide bonds. The molecular weight excluding hydrogens is 262 g/mol. The highest BCUT2D eigenvalue weighted by molar-refractivity contribution is 5.99. The Bertz CT molecular complexity index is 569. The Hall–Kier alpha value is -2.18. The third kappa shape index (κ3) is 5.02. The van der Waals surface area contributed by atoms with Crippen LogP contribution in [0, 0.1) is 17.2 Å². The summed E-state index contributed by atoms with van der Waals surface area (Å²) in [6, 6.07) is 2.27. The largest absolute Gasteiger partial charge is 0.377 e. The summed E-state index contributed by atoms with van der Waals surface area (Å²) in [5, 5.41) is 9.17. The van der Waals surface area contributed by atoms with E-state index in [0.29, 0.717) is 12.0 Å². The molecular formula is C18H21NO2. The zero-order chi connectivity index (χ0) is 15.7. The highest BCUT2D eigenvalue weighted by atomic mass is 16.5. The molecule has 0 aromatic carbocycles. The van der Waals surface area contributed by atoms with Crippen molar-refractivity contribution in [2.24, 2.45) is 5.92 Å². The van der Waals surface area contributed by atoms with Crippen LogP contribution in [0.3, 0.4) is 0 Å². The van der Waals surface area contributed by atoms with E-state index in [4.69, 9.17) is 10.00 Å². The lowest BCUT2D eigenvalue weighted by atomic mass is 9.93. The average Bonchev–Trinajstić information content (AvgIpc) is 2.73. The molecule has 0 radical (unpaired) electrons. The second-order valence-electron chi connectivity index (χ2n) is 4.74.